The van der Waals surface area contributed by atoms with Crippen LogP contribution < -0.4 is 0 Å². The summed E-state index contributed by atoms with van der Waals surface area (Å²) in [5, 5.41) is -1.49. The molecular formula is C16H21ClO11. The second-order valence-electron chi connectivity index (χ2n) is 4.83. The lowest BCUT2D eigenvalue weighted by molar-refractivity contribution is -0.201. The third-order valence-corrected chi connectivity index (χ3v) is 2.91. The maximum absolute atomic E-state index is 11.9. The second kappa shape index (κ2) is 11.9. The van der Waals surface area contributed by atoms with Gasteiger partial charge in [-0.05, 0) is 11.6 Å². The van der Waals surface area contributed by atoms with Crippen LogP contribution in [0.4, 0.5) is 0 Å². The number of ether oxygens (including phenoxy) is 5. The van der Waals surface area contributed by atoms with E-state index in [-0.39, 0.29) is 0 Å². The highest BCUT2D eigenvalue weighted by Gasteiger charge is 2.46. The standard InChI is InChI=1S/C16H21ClO11/c1-7(18)24-6-12(25-8(2)19)13(26-9(3)20)14(27-10(4)21)15(16(17)23)28-11(5)22/h12-15H,6H2,1-5H3/t12-,13-,14+,15-/m1/s1/i1D,2D,3D,4D,5D. The van der Waals surface area contributed by atoms with Crippen molar-refractivity contribution in [3.8, 4) is 0 Å². The predicted molar refractivity (Wildman–Crippen MR) is 89.7 cm³/mol. The molecule has 11 nitrogen and oxygen atoms in total. The number of hydrogen-bond acceptors (Lipinski definition) is 11. The van der Waals surface area contributed by atoms with Gasteiger partial charge in [0.25, 0.3) is 5.24 Å². The van der Waals surface area contributed by atoms with Crippen LogP contribution in [0, 0.1) is 0 Å². The van der Waals surface area contributed by atoms with Crippen LogP contribution in [-0.2, 0) is 52.5 Å². The van der Waals surface area contributed by atoms with Gasteiger partial charge in [0, 0.05) is 41.4 Å². The van der Waals surface area contributed by atoms with Crippen LogP contribution in [0.2, 0.25) is 0 Å². The van der Waals surface area contributed by atoms with E-state index >= 15 is 0 Å². The van der Waals surface area contributed by atoms with Gasteiger partial charge in [-0.15, -0.1) is 0 Å². The maximum Gasteiger partial charge on any atom is 0.303 e. The van der Waals surface area contributed by atoms with Crippen molar-refractivity contribution >= 4 is 46.7 Å². The first-order chi connectivity index (χ1) is 15.5. The van der Waals surface area contributed by atoms with Gasteiger partial charge in [0.15, 0.2) is 18.3 Å². The molecule has 0 amide bonds. The van der Waals surface area contributed by atoms with Crippen LogP contribution >= 0.6 is 11.6 Å². The molecule has 4 atom stereocenters. The van der Waals surface area contributed by atoms with Crippen molar-refractivity contribution in [2.75, 3.05) is 6.61 Å². The van der Waals surface area contributed by atoms with Crippen LogP contribution in [0.5, 0.6) is 0 Å². The van der Waals surface area contributed by atoms with E-state index < -0.39 is 101 Å². The van der Waals surface area contributed by atoms with Gasteiger partial charge in [0.05, 0.1) is 0 Å². The van der Waals surface area contributed by atoms with E-state index in [2.05, 4.69) is 4.74 Å². The minimum Gasteiger partial charge on any atom is -0.462 e. The Morgan fingerprint density at radius 2 is 1.18 bits per heavy atom. The van der Waals surface area contributed by atoms with E-state index in [1.807, 2.05) is 0 Å². The van der Waals surface area contributed by atoms with E-state index in [0.717, 1.165) is 0 Å². The topological polar surface area (TPSA) is 149 Å². The normalized spacial score (nSPS) is 16.8. The van der Waals surface area contributed by atoms with Crippen molar-refractivity contribution in [1.29, 1.82) is 0 Å². The van der Waals surface area contributed by atoms with Crippen LogP contribution in [0.15, 0.2) is 0 Å². The van der Waals surface area contributed by atoms with Crippen molar-refractivity contribution in [3.05, 3.63) is 0 Å². The summed E-state index contributed by atoms with van der Waals surface area (Å²) in [6, 6.07) is 0. The molecular weight excluding hydrogens is 404 g/mol. The Hall–Kier alpha value is -2.69. The van der Waals surface area contributed by atoms with Gasteiger partial charge in [-0.2, -0.15) is 0 Å². The number of carbonyl (C=O) groups is 6. The molecule has 12 heteroatoms. The number of carbonyl (C=O) groups excluding carboxylic acids is 6. The van der Waals surface area contributed by atoms with Crippen LogP contribution in [0.25, 0.3) is 0 Å². The van der Waals surface area contributed by atoms with Crippen LogP contribution in [-0.4, -0.2) is 66.1 Å². The Bertz CT molecular complexity index is 723. The Morgan fingerprint density at radius 3 is 1.68 bits per heavy atom. The van der Waals surface area contributed by atoms with E-state index in [1.165, 1.54) is 0 Å². The Morgan fingerprint density at radius 1 is 0.714 bits per heavy atom. The zero-order chi connectivity index (χ0) is 25.6. The Kier molecular flexibility index (Phi) is 7.40. The molecule has 0 spiro atoms. The molecule has 0 aliphatic rings. The number of esters is 5. The minimum absolute atomic E-state index is 0.864. The molecule has 0 aliphatic carbocycles. The van der Waals surface area contributed by atoms with Gasteiger partial charge in [0.2, 0.25) is 6.10 Å². The van der Waals surface area contributed by atoms with Gasteiger partial charge < -0.3 is 23.7 Å². The van der Waals surface area contributed by atoms with Gasteiger partial charge in [-0.3, -0.25) is 28.8 Å². The lowest BCUT2D eigenvalue weighted by atomic mass is 10.0. The Labute approximate surface area is 172 Å². The highest BCUT2D eigenvalue weighted by Crippen LogP contribution is 2.21. The summed E-state index contributed by atoms with van der Waals surface area (Å²) < 4.78 is 59.3. The van der Waals surface area contributed by atoms with Crippen molar-refractivity contribution in [2.24, 2.45) is 0 Å². The fourth-order valence-corrected chi connectivity index (χ4v) is 2.05. The molecule has 0 saturated carbocycles. The molecule has 0 aromatic heterocycles. The first kappa shape index (κ1) is 17.4. The molecule has 0 radical (unpaired) electrons. The maximum atomic E-state index is 11.9. The van der Waals surface area contributed by atoms with Crippen LogP contribution in [0.3, 0.4) is 0 Å². The van der Waals surface area contributed by atoms with Crippen molar-refractivity contribution in [1.82, 2.24) is 0 Å². The van der Waals surface area contributed by atoms with Gasteiger partial charge in [-0.1, -0.05) is 0 Å². The third-order valence-electron chi connectivity index (χ3n) is 2.70. The number of hydrogen-bond donors (Lipinski definition) is 0. The molecule has 0 aromatic carbocycles. The SMILES string of the molecule is [2H]CC(=O)OC[C@@H](OC(=O)C[2H])[C@@H](OC(=O)C[2H])[C@H](OC(=O)C[2H])[C@@H](OC(=O)C[2H])C(=O)Cl. The molecule has 28 heavy (non-hydrogen) atoms. The fraction of sp³-hybridized carbons (Fsp3) is 0.625. The molecule has 0 saturated heterocycles. The first-order valence-corrected chi connectivity index (χ1v) is 7.51. The second-order valence-corrected chi connectivity index (χ2v) is 5.21. The highest BCUT2D eigenvalue weighted by atomic mass is 35.5. The number of halogens is 1. The molecule has 0 unspecified atom stereocenters. The molecule has 0 rings (SSSR count). The lowest BCUT2D eigenvalue weighted by Gasteiger charge is -2.34. The van der Waals surface area contributed by atoms with Crippen molar-refractivity contribution in [3.63, 3.8) is 0 Å². The summed E-state index contributed by atoms with van der Waals surface area (Å²) in [7, 11) is 0. The van der Waals surface area contributed by atoms with E-state index in [0.29, 0.717) is 0 Å². The summed E-state index contributed by atoms with van der Waals surface area (Å²) in [6.07, 6.45) is -8.42. The highest BCUT2D eigenvalue weighted by molar-refractivity contribution is 6.64. The average Bonchev–Trinajstić information content (AvgIpc) is 2.81. The zero-order valence-corrected chi connectivity index (χ0v) is 15.2. The summed E-state index contributed by atoms with van der Waals surface area (Å²) in [6.45, 7) is -5.83. The van der Waals surface area contributed by atoms with Crippen molar-refractivity contribution in [2.45, 2.75) is 58.9 Å². The smallest absolute Gasteiger partial charge is 0.303 e. The molecule has 158 valence electrons. The summed E-state index contributed by atoms with van der Waals surface area (Å²) in [5.41, 5.74) is 0. The third kappa shape index (κ3) is 9.86. The fourth-order valence-electron chi connectivity index (χ4n) is 1.88. The molecule has 0 aromatic rings. The lowest BCUT2D eigenvalue weighted by Crippen LogP contribution is -2.54. The molecule has 0 heterocycles. The average molecular weight is 430 g/mol. The van der Waals surface area contributed by atoms with E-state index in [1.54, 1.807) is 0 Å². The zero-order valence-electron chi connectivity index (χ0n) is 19.4. The van der Waals surface area contributed by atoms with Gasteiger partial charge in [0.1, 0.15) is 6.61 Å². The van der Waals surface area contributed by atoms with E-state index in [9.17, 15) is 28.8 Å². The molecule has 0 bridgehead atoms. The van der Waals surface area contributed by atoms with Crippen LogP contribution in [0.1, 0.15) is 41.4 Å². The summed E-state index contributed by atoms with van der Waals surface area (Å²) in [5.74, 6) is -6.37. The summed E-state index contributed by atoms with van der Waals surface area (Å²) >= 11 is 5.43. The van der Waals surface area contributed by atoms with Gasteiger partial charge in [-0.25, -0.2) is 0 Å². The first-order valence-electron chi connectivity index (χ1n) is 10.7. The predicted octanol–water partition coefficient (Wildman–Crippen LogP) is 0.0417. The van der Waals surface area contributed by atoms with Gasteiger partial charge >= 0.3 is 29.8 Å². The Balaban J connectivity index is 6.50. The van der Waals surface area contributed by atoms with Crippen molar-refractivity contribution < 1.29 is 59.3 Å². The minimum atomic E-state index is -2.24. The molecule has 0 aliphatic heterocycles. The van der Waals surface area contributed by atoms with E-state index in [4.69, 9.17) is 37.4 Å². The monoisotopic (exact) mass is 429 g/mol. The number of rotatable bonds is 10. The molecule has 0 N–H and O–H groups in total. The molecule has 0 fully saturated rings. The largest absolute Gasteiger partial charge is 0.462 e. The summed E-state index contributed by atoms with van der Waals surface area (Å²) in [4.78, 5) is 70.3. The quantitative estimate of drug-likeness (QED) is 0.263.